The third-order valence-electron chi connectivity index (χ3n) is 4.88. The van der Waals surface area contributed by atoms with E-state index < -0.39 is 17.2 Å². The molecule has 0 atom stereocenters. The summed E-state index contributed by atoms with van der Waals surface area (Å²) in [5.74, 6) is -1.15. The van der Waals surface area contributed by atoms with Crippen molar-refractivity contribution in [3.63, 3.8) is 0 Å². The monoisotopic (exact) mass is 446 g/mol. The van der Waals surface area contributed by atoms with Crippen molar-refractivity contribution in [2.24, 2.45) is 0 Å². The summed E-state index contributed by atoms with van der Waals surface area (Å²) in [6, 6.07) is 3.00. The predicted octanol–water partition coefficient (Wildman–Crippen LogP) is 4.23. The maximum atomic E-state index is 13.8. The summed E-state index contributed by atoms with van der Waals surface area (Å²) < 4.78 is 37.6. The van der Waals surface area contributed by atoms with E-state index in [4.69, 9.17) is 9.47 Å². The lowest BCUT2D eigenvalue weighted by atomic mass is 10.1. The number of nitrogens with zero attached hydrogens (tertiary/aromatic N) is 4. The van der Waals surface area contributed by atoms with E-state index in [1.54, 1.807) is 4.90 Å². The van der Waals surface area contributed by atoms with Gasteiger partial charge in [-0.2, -0.15) is 10.1 Å². The summed E-state index contributed by atoms with van der Waals surface area (Å²) in [4.78, 5) is 22.2. The normalized spacial score (nSPS) is 15.1. The number of fused-ring (bicyclic) bond motifs is 1. The van der Waals surface area contributed by atoms with Gasteiger partial charge in [-0.15, -0.1) is 0 Å². The molecule has 1 saturated heterocycles. The van der Waals surface area contributed by atoms with Crippen molar-refractivity contribution in [1.82, 2.24) is 25.1 Å². The molecular weight excluding hydrogens is 422 g/mol. The van der Waals surface area contributed by atoms with E-state index in [0.717, 1.165) is 25.0 Å². The van der Waals surface area contributed by atoms with Crippen LogP contribution in [0.25, 0.3) is 11.0 Å². The summed E-state index contributed by atoms with van der Waals surface area (Å²) >= 11 is 0. The molecule has 11 heteroatoms. The molecule has 2 N–H and O–H groups in total. The number of hydrogen-bond donors (Lipinski definition) is 2. The summed E-state index contributed by atoms with van der Waals surface area (Å²) in [6.07, 6.45) is 2.68. The van der Waals surface area contributed by atoms with Crippen LogP contribution >= 0.6 is 0 Å². The quantitative estimate of drug-likeness (QED) is 0.618. The Morgan fingerprint density at radius 2 is 2.00 bits per heavy atom. The van der Waals surface area contributed by atoms with Crippen LogP contribution in [-0.4, -0.2) is 55.9 Å². The van der Waals surface area contributed by atoms with Gasteiger partial charge in [0.15, 0.2) is 23.0 Å². The number of benzene rings is 1. The van der Waals surface area contributed by atoms with Gasteiger partial charge in [-0.1, -0.05) is 0 Å². The first-order valence-corrected chi connectivity index (χ1v) is 10.3. The number of rotatable bonds is 4. The molecule has 2 aromatic heterocycles. The second kappa shape index (κ2) is 8.56. The molecule has 4 rings (SSSR count). The molecule has 0 unspecified atom stereocenters. The molecule has 9 nitrogen and oxygen atoms in total. The van der Waals surface area contributed by atoms with Crippen molar-refractivity contribution in [3.8, 4) is 11.8 Å². The molecule has 0 radical (unpaired) electrons. The van der Waals surface area contributed by atoms with Crippen LogP contribution in [0.5, 0.6) is 11.8 Å². The van der Waals surface area contributed by atoms with E-state index in [2.05, 4.69) is 25.5 Å². The van der Waals surface area contributed by atoms with Gasteiger partial charge in [-0.3, -0.25) is 5.10 Å². The zero-order chi connectivity index (χ0) is 22.9. The highest BCUT2D eigenvalue weighted by Gasteiger charge is 2.27. The molecule has 1 amide bonds. The molecule has 1 aliphatic heterocycles. The van der Waals surface area contributed by atoms with Crippen molar-refractivity contribution >= 4 is 22.9 Å². The Kier molecular flexibility index (Phi) is 5.81. The number of nitrogens with one attached hydrogen (secondary N) is 2. The summed E-state index contributed by atoms with van der Waals surface area (Å²) in [7, 11) is 0. The summed E-state index contributed by atoms with van der Waals surface area (Å²) in [6.45, 7) is 6.68. The van der Waals surface area contributed by atoms with Gasteiger partial charge in [0.1, 0.15) is 11.4 Å². The average molecular weight is 446 g/mol. The number of aromatic amines is 1. The van der Waals surface area contributed by atoms with E-state index in [1.165, 1.54) is 12.3 Å². The lowest BCUT2D eigenvalue weighted by Gasteiger charge is -2.33. The van der Waals surface area contributed by atoms with Crippen molar-refractivity contribution < 1.29 is 23.0 Å². The van der Waals surface area contributed by atoms with Gasteiger partial charge in [-0.25, -0.2) is 18.6 Å². The number of carbonyl (C=O) groups is 1. The molecule has 1 aromatic carbocycles. The largest absolute Gasteiger partial charge is 0.444 e. The molecule has 3 aromatic rings. The fourth-order valence-corrected chi connectivity index (χ4v) is 3.34. The van der Waals surface area contributed by atoms with Gasteiger partial charge >= 0.3 is 12.1 Å². The molecule has 3 heterocycles. The highest BCUT2D eigenvalue weighted by atomic mass is 19.1. The van der Waals surface area contributed by atoms with E-state index in [9.17, 15) is 13.6 Å². The van der Waals surface area contributed by atoms with Crippen molar-refractivity contribution in [2.45, 2.75) is 45.3 Å². The highest BCUT2D eigenvalue weighted by Crippen LogP contribution is 2.26. The van der Waals surface area contributed by atoms with Gasteiger partial charge in [0.25, 0.3) is 0 Å². The maximum absolute atomic E-state index is 13.8. The summed E-state index contributed by atoms with van der Waals surface area (Å²) in [5.41, 5.74) is -0.114. The first kappa shape index (κ1) is 21.7. The van der Waals surface area contributed by atoms with Gasteiger partial charge < -0.3 is 19.7 Å². The zero-order valence-corrected chi connectivity index (χ0v) is 18.0. The minimum Gasteiger partial charge on any atom is -0.444 e. The molecule has 32 heavy (non-hydrogen) atoms. The first-order chi connectivity index (χ1) is 15.2. The fraction of sp³-hybridized carbons (Fsp3) is 0.429. The Bertz CT molecular complexity index is 1120. The minimum absolute atomic E-state index is 0.0936. The predicted molar refractivity (Wildman–Crippen MR) is 113 cm³/mol. The number of hydrogen-bond acceptors (Lipinski definition) is 7. The third kappa shape index (κ3) is 5.04. The number of piperidine rings is 1. The number of H-pyrrole nitrogens is 1. The molecule has 1 fully saturated rings. The number of anilines is 1. The highest BCUT2D eigenvalue weighted by molar-refractivity contribution is 5.86. The second-order valence-corrected chi connectivity index (χ2v) is 8.55. The Morgan fingerprint density at radius 1 is 1.25 bits per heavy atom. The number of aromatic nitrogens is 4. The first-order valence-electron chi connectivity index (χ1n) is 10.3. The Morgan fingerprint density at radius 3 is 2.69 bits per heavy atom. The zero-order valence-electron chi connectivity index (χ0n) is 18.0. The molecule has 1 aliphatic rings. The number of carbonyl (C=O) groups excluding carboxylic acids is 1. The fourth-order valence-electron chi connectivity index (χ4n) is 3.34. The Balaban J connectivity index is 1.38. The Labute approximate surface area is 183 Å². The number of likely N-dealkylation sites (tertiary alicyclic amines) is 1. The van der Waals surface area contributed by atoms with E-state index in [1.807, 2.05) is 20.8 Å². The van der Waals surface area contributed by atoms with Gasteiger partial charge in [0, 0.05) is 31.4 Å². The molecular formula is C21H24F2N6O3. The molecule has 0 aliphatic carbocycles. The smallest absolute Gasteiger partial charge is 0.410 e. The summed E-state index contributed by atoms with van der Waals surface area (Å²) in [5, 5.41) is 11.0. The van der Waals surface area contributed by atoms with E-state index in [0.29, 0.717) is 29.9 Å². The number of amides is 1. The van der Waals surface area contributed by atoms with Crippen LogP contribution in [0.4, 0.5) is 19.4 Å². The van der Waals surface area contributed by atoms with Crippen molar-refractivity contribution in [2.75, 3.05) is 18.4 Å². The van der Waals surface area contributed by atoms with Crippen LogP contribution in [-0.2, 0) is 4.74 Å². The minimum atomic E-state index is -0.849. The lowest BCUT2D eigenvalue weighted by Crippen LogP contribution is -2.44. The maximum Gasteiger partial charge on any atom is 0.410 e. The second-order valence-electron chi connectivity index (χ2n) is 8.55. The van der Waals surface area contributed by atoms with Crippen molar-refractivity contribution in [1.29, 1.82) is 0 Å². The lowest BCUT2D eigenvalue weighted by molar-refractivity contribution is 0.0210. The molecule has 0 spiro atoms. The third-order valence-corrected chi connectivity index (χ3v) is 4.88. The van der Waals surface area contributed by atoms with Gasteiger partial charge in [-0.05, 0) is 45.7 Å². The van der Waals surface area contributed by atoms with Gasteiger partial charge in [0.2, 0.25) is 0 Å². The number of ether oxygens (including phenoxy) is 2. The Hall–Kier alpha value is -3.50. The van der Waals surface area contributed by atoms with Crippen LogP contribution in [0.3, 0.4) is 0 Å². The van der Waals surface area contributed by atoms with Crippen LogP contribution in [0, 0.1) is 11.6 Å². The number of halogens is 2. The average Bonchev–Trinajstić information content (AvgIpc) is 3.11. The van der Waals surface area contributed by atoms with E-state index in [-0.39, 0.29) is 23.9 Å². The van der Waals surface area contributed by atoms with E-state index >= 15 is 0 Å². The van der Waals surface area contributed by atoms with Crippen LogP contribution < -0.4 is 10.1 Å². The molecule has 0 bridgehead atoms. The van der Waals surface area contributed by atoms with Crippen LogP contribution in [0.2, 0.25) is 0 Å². The topological polar surface area (TPSA) is 105 Å². The van der Waals surface area contributed by atoms with Crippen molar-refractivity contribution in [3.05, 3.63) is 36.0 Å². The van der Waals surface area contributed by atoms with Crippen LogP contribution in [0.1, 0.15) is 33.6 Å². The van der Waals surface area contributed by atoms with Crippen LogP contribution in [0.15, 0.2) is 24.4 Å². The molecule has 0 saturated carbocycles. The standard InChI is InChI=1S/C21H24F2N6O3/c1-21(2,3)32-20(30)29-8-6-13(7-9-29)25-17-14-11-24-19(26-18(14)28-27-17)31-16-5-4-12(22)10-15(16)23/h4-5,10-11,13H,6-9H2,1-3H3,(H2,24,25,26,27,28). The molecule has 170 valence electrons. The SMILES string of the molecule is CC(C)(C)OC(=O)N1CCC(Nc2n[nH]c3nc(Oc4ccc(F)cc4F)ncc23)CC1. The van der Waals surface area contributed by atoms with Gasteiger partial charge in [0.05, 0.1) is 5.39 Å².